The first-order chi connectivity index (χ1) is 10.8. The van der Waals surface area contributed by atoms with Crippen LogP contribution < -0.4 is 0 Å². The summed E-state index contributed by atoms with van der Waals surface area (Å²) in [5.41, 5.74) is 1.20. The zero-order valence-corrected chi connectivity index (χ0v) is 19.2. The Kier molecular flexibility index (Phi) is 5.66. The maximum atomic E-state index is 6.46. The molecule has 0 atom stereocenters. The van der Waals surface area contributed by atoms with Crippen molar-refractivity contribution in [2.45, 2.75) is 59.3 Å². The fourth-order valence-electron chi connectivity index (χ4n) is 2.45. The number of aromatic nitrogens is 1. The molecule has 0 unspecified atom stereocenters. The Morgan fingerprint density at radius 2 is 1.79 bits per heavy atom. The molecule has 5 heteroatoms. The lowest BCUT2D eigenvalue weighted by atomic mass is 9.95. The third-order valence-electron chi connectivity index (χ3n) is 5.02. The first-order valence-electron chi connectivity index (χ1n) is 8.40. The Labute approximate surface area is 160 Å². The van der Waals surface area contributed by atoms with Crippen LogP contribution in [0.1, 0.15) is 34.6 Å². The first kappa shape index (κ1) is 20.0. The fraction of sp³-hybridized carbons (Fsp3) is 0.579. The van der Waals surface area contributed by atoms with Crippen molar-refractivity contribution in [1.82, 2.24) is 4.57 Å². The molecule has 134 valence electrons. The van der Waals surface area contributed by atoms with Gasteiger partial charge in [0.2, 0.25) is 0 Å². The van der Waals surface area contributed by atoms with Gasteiger partial charge >= 0.3 is 0 Å². The average Bonchev–Trinajstić information content (AvgIpc) is 2.71. The van der Waals surface area contributed by atoms with Gasteiger partial charge in [-0.1, -0.05) is 68.2 Å². The largest absolute Gasteiger partial charge is 0.416 e. The van der Waals surface area contributed by atoms with Crippen molar-refractivity contribution in [3.05, 3.63) is 33.9 Å². The van der Waals surface area contributed by atoms with Gasteiger partial charge in [-0.15, -0.1) is 0 Å². The van der Waals surface area contributed by atoms with Gasteiger partial charge in [0.1, 0.15) is 0 Å². The van der Waals surface area contributed by atoms with E-state index in [2.05, 4.69) is 80.3 Å². The third kappa shape index (κ3) is 4.46. The Hall–Kier alpha value is -0.293. The Morgan fingerprint density at radius 1 is 1.17 bits per heavy atom. The molecule has 1 heterocycles. The van der Waals surface area contributed by atoms with Crippen molar-refractivity contribution in [2.24, 2.45) is 5.41 Å². The van der Waals surface area contributed by atoms with Gasteiger partial charge in [-0.2, -0.15) is 0 Å². The molecule has 0 radical (unpaired) electrons. The van der Waals surface area contributed by atoms with Crippen LogP contribution in [-0.4, -0.2) is 19.5 Å². The van der Waals surface area contributed by atoms with Crippen molar-refractivity contribution >= 4 is 46.8 Å². The fourth-order valence-corrected chi connectivity index (χ4v) is 4.26. The summed E-state index contributed by atoms with van der Waals surface area (Å²) in [7, 11) is -1.73. The van der Waals surface area contributed by atoms with Crippen molar-refractivity contribution in [2.75, 3.05) is 6.61 Å². The number of hydrogen-bond donors (Lipinski definition) is 0. The van der Waals surface area contributed by atoms with Gasteiger partial charge in [0.15, 0.2) is 8.32 Å². The van der Waals surface area contributed by atoms with Crippen LogP contribution >= 0.6 is 27.5 Å². The van der Waals surface area contributed by atoms with Crippen LogP contribution in [0.2, 0.25) is 23.2 Å². The molecule has 2 rings (SSSR count). The van der Waals surface area contributed by atoms with Crippen LogP contribution in [0.5, 0.6) is 0 Å². The van der Waals surface area contributed by atoms with E-state index in [0.29, 0.717) is 0 Å². The summed E-state index contributed by atoms with van der Waals surface area (Å²) in [4.78, 5) is 0. The summed E-state index contributed by atoms with van der Waals surface area (Å²) in [6.45, 7) is 17.6. The second-order valence-electron chi connectivity index (χ2n) is 8.98. The Bertz CT molecular complexity index is 731. The van der Waals surface area contributed by atoms with E-state index < -0.39 is 8.32 Å². The highest BCUT2D eigenvalue weighted by atomic mass is 79.9. The van der Waals surface area contributed by atoms with E-state index in [9.17, 15) is 0 Å². The van der Waals surface area contributed by atoms with E-state index in [1.807, 2.05) is 12.3 Å². The lowest BCUT2D eigenvalue weighted by Gasteiger charge is -2.39. The van der Waals surface area contributed by atoms with Gasteiger partial charge in [-0.25, -0.2) is 0 Å². The van der Waals surface area contributed by atoms with Crippen molar-refractivity contribution < 1.29 is 4.43 Å². The lowest BCUT2D eigenvalue weighted by Crippen LogP contribution is -2.43. The molecule has 0 spiro atoms. The predicted molar refractivity (Wildman–Crippen MR) is 112 cm³/mol. The van der Waals surface area contributed by atoms with Crippen LogP contribution in [0.25, 0.3) is 10.9 Å². The van der Waals surface area contributed by atoms with E-state index in [1.54, 1.807) is 0 Å². The second-order valence-corrected chi connectivity index (χ2v) is 15.1. The molecule has 0 aliphatic rings. The molecule has 0 bridgehead atoms. The van der Waals surface area contributed by atoms with E-state index in [1.165, 1.54) is 0 Å². The van der Waals surface area contributed by atoms with Gasteiger partial charge in [-0.3, -0.25) is 0 Å². The summed E-state index contributed by atoms with van der Waals surface area (Å²) in [6.07, 6.45) is 2.03. The van der Waals surface area contributed by atoms with E-state index in [0.717, 1.165) is 33.5 Å². The normalized spacial score (nSPS) is 13.7. The SMILES string of the molecule is CC(C)(CO[Si](C)(C)C(C)(C)C)Cn1cc(Cl)c2ccc(Br)cc21. The van der Waals surface area contributed by atoms with Crippen LogP contribution in [0, 0.1) is 5.41 Å². The summed E-state index contributed by atoms with van der Waals surface area (Å²) in [5.74, 6) is 0. The minimum absolute atomic E-state index is 0.0348. The van der Waals surface area contributed by atoms with Crippen molar-refractivity contribution in [3.63, 3.8) is 0 Å². The number of fused-ring (bicyclic) bond motifs is 1. The minimum atomic E-state index is -1.73. The van der Waals surface area contributed by atoms with Gasteiger partial charge in [0.25, 0.3) is 0 Å². The quantitative estimate of drug-likeness (QED) is 0.461. The highest BCUT2D eigenvalue weighted by Crippen LogP contribution is 2.38. The van der Waals surface area contributed by atoms with E-state index >= 15 is 0 Å². The second kappa shape index (κ2) is 6.79. The summed E-state index contributed by atoms with van der Waals surface area (Å²) >= 11 is 9.97. The average molecular weight is 431 g/mol. The molecule has 1 aromatic heterocycles. The number of hydrogen-bond acceptors (Lipinski definition) is 1. The van der Waals surface area contributed by atoms with Gasteiger partial charge < -0.3 is 8.99 Å². The molecular weight excluding hydrogens is 402 g/mol. The van der Waals surface area contributed by atoms with E-state index in [-0.39, 0.29) is 10.5 Å². The molecule has 0 saturated heterocycles. The van der Waals surface area contributed by atoms with Crippen LogP contribution in [0.3, 0.4) is 0 Å². The highest BCUT2D eigenvalue weighted by molar-refractivity contribution is 9.10. The number of nitrogens with zero attached hydrogens (tertiary/aromatic N) is 1. The number of rotatable bonds is 5. The van der Waals surface area contributed by atoms with E-state index in [4.69, 9.17) is 16.0 Å². The van der Waals surface area contributed by atoms with Crippen molar-refractivity contribution in [1.29, 1.82) is 0 Å². The molecule has 0 N–H and O–H groups in total. The highest BCUT2D eigenvalue weighted by Gasteiger charge is 2.38. The molecule has 24 heavy (non-hydrogen) atoms. The van der Waals surface area contributed by atoms with Gasteiger partial charge in [-0.05, 0) is 30.3 Å². The topological polar surface area (TPSA) is 14.2 Å². The molecule has 0 amide bonds. The maximum Gasteiger partial charge on any atom is 0.192 e. The molecule has 0 aliphatic carbocycles. The number of halogens is 2. The van der Waals surface area contributed by atoms with Gasteiger partial charge in [0, 0.05) is 34.6 Å². The van der Waals surface area contributed by atoms with Crippen molar-refractivity contribution in [3.8, 4) is 0 Å². The molecule has 2 nitrogen and oxygen atoms in total. The molecule has 0 saturated carbocycles. The zero-order valence-electron chi connectivity index (χ0n) is 15.8. The summed E-state index contributed by atoms with van der Waals surface area (Å²) in [6, 6.07) is 6.23. The number of benzene rings is 1. The maximum absolute atomic E-state index is 6.46. The monoisotopic (exact) mass is 429 g/mol. The minimum Gasteiger partial charge on any atom is -0.416 e. The first-order valence-corrected chi connectivity index (χ1v) is 12.5. The molecule has 2 aromatic rings. The summed E-state index contributed by atoms with van der Waals surface area (Å²) in [5, 5.41) is 2.14. The standard InChI is InChI=1S/C19H29BrClNOSi/c1-18(2,3)24(6,7)23-13-19(4,5)12-22-11-16(21)15-9-8-14(20)10-17(15)22/h8-11H,12-13H2,1-7H3. The lowest BCUT2D eigenvalue weighted by molar-refractivity contribution is 0.147. The third-order valence-corrected chi connectivity index (χ3v) is 10.3. The van der Waals surface area contributed by atoms with Crippen LogP contribution in [0.15, 0.2) is 28.9 Å². The zero-order chi connectivity index (χ0) is 18.3. The van der Waals surface area contributed by atoms with Gasteiger partial charge in [0.05, 0.1) is 10.5 Å². The smallest absolute Gasteiger partial charge is 0.192 e. The predicted octanol–water partition coefficient (Wildman–Crippen LogP) is 7.11. The molecule has 1 aromatic carbocycles. The summed E-state index contributed by atoms with van der Waals surface area (Å²) < 4.78 is 9.77. The molecule has 0 fully saturated rings. The van der Waals surface area contributed by atoms with Crippen LogP contribution in [-0.2, 0) is 11.0 Å². The Balaban J connectivity index is 2.19. The Morgan fingerprint density at radius 3 is 2.38 bits per heavy atom. The molecule has 0 aliphatic heterocycles. The molecular formula is C19H29BrClNOSi. The van der Waals surface area contributed by atoms with Crippen LogP contribution in [0.4, 0.5) is 0 Å².